The van der Waals surface area contributed by atoms with Crippen molar-refractivity contribution >= 4 is 11.7 Å². The number of hydrogen-bond donors (Lipinski definition) is 2. The van der Waals surface area contributed by atoms with Crippen molar-refractivity contribution in [2.24, 2.45) is 0 Å². The molecule has 0 aliphatic rings. The third kappa shape index (κ3) is 4.00. The SMILES string of the molecule is CCN(CCO)C(=O)c1ccc(NC(C)C)nc1. The van der Waals surface area contributed by atoms with E-state index < -0.39 is 0 Å². The number of aliphatic hydroxyl groups excluding tert-OH is 1. The summed E-state index contributed by atoms with van der Waals surface area (Å²) in [6, 6.07) is 3.85. The van der Waals surface area contributed by atoms with Crippen LogP contribution in [0.2, 0.25) is 0 Å². The molecule has 0 saturated heterocycles. The first kappa shape index (κ1) is 14.4. The third-order valence-electron chi connectivity index (χ3n) is 2.49. The highest BCUT2D eigenvalue weighted by molar-refractivity contribution is 5.94. The van der Waals surface area contributed by atoms with Gasteiger partial charge >= 0.3 is 0 Å². The van der Waals surface area contributed by atoms with Gasteiger partial charge in [0.1, 0.15) is 5.82 Å². The number of nitrogens with zero attached hydrogens (tertiary/aromatic N) is 2. The molecular formula is C13H21N3O2. The number of aliphatic hydroxyl groups is 1. The largest absolute Gasteiger partial charge is 0.395 e. The summed E-state index contributed by atoms with van der Waals surface area (Å²) < 4.78 is 0. The summed E-state index contributed by atoms with van der Waals surface area (Å²) in [5.74, 6) is 0.655. The normalized spacial score (nSPS) is 10.5. The Bertz CT molecular complexity index is 376. The molecule has 0 unspecified atom stereocenters. The van der Waals surface area contributed by atoms with Crippen molar-refractivity contribution in [1.29, 1.82) is 0 Å². The molecule has 1 aromatic rings. The predicted molar refractivity (Wildman–Crippen MR) is 71.7 cm³/mol. The van der Waals surface area contributed by atoms with Crippen molar-refractivity contribution in [2.45, 2.75) is 26.8 Å². The average Bonchev–Trinajstić information content (AvgIpc) is 2.35. The number of hydrogen-bond acceptors (Lipinski definition) is 4. The Labute approximate surface area is 108 Å². The van der Waals surface area contributed by atoms with Crippen molar-refractivity contribution < 1.29 is 9.90 Å². The molecule has 0 saturated carbocycles. The Morgan fingerprint density at radius 2 is 2.22 bits per heavy atom. The summed E-state index contributed by atoms with van der Waals surface area (Å²) in [7, 11) is 0. The maximum Gasteiger partial charge on any atom is 0.255 e. The fourth-order valence-corrected chi connectivity index (χ4v) is 1.61. The third-order valence-corrected chi connectivity index (χ3v) is 2.49. The number of nitrogens with one attached hydrogen (secondary N) is 1. The molecule has 1 amide bonds. The molecule has 0 atom stereocenters. The van der Waals surface area contributed by atoms with Crippen LogP contribution in [0.15, 0.2) is 18.3 Å². The number of aromatic nitrogens is 1. The zero-order chi connectivity index (χ0) is 13.5. The van der Waals surface area contributed by atoms with Gasteiger partial charge < -0.3 is 15.3 Å². The molecule has 18 heavy (non-hydrogen) atoms. The molecule has 0 fully saturated rings. The molecule has 1 aromatic heterocycles. The summed E-state index contributed by atoms with van der Waals surface area (Å²) in [6.07, 6.45) is 1.56. The number of rotatable bonds is 6. The standard InChI is InChI=1S/C13H21N3O2/c1-4-16(7-8-17)13(18)11-5-6-12(14-9-11)15-10(2)3/h5-6,9-10,17H,4,7-8H2,1-3H3,(H,14,15). The van der Waals surface area contributed by atoms with E-state index in [1.807, 2.05) is 20.8 Å². The van der Waals surface area contributed by atoms with E-state index in [0.717, 1.165) is 5.82 Å². The van der Waals surface area contributed by atoms with Gasteiger partial charge in [-0.2, -0.15) is 0 Å². The van der Waals surface area contributed by atoms with E-state index in [2.05, 4.69) is 10.3 Å². The van der Waals surface area contributed by atoms with Gasteiger partial charge in [0.05, 0.1) is 12.2 Å². The van der Waals surface area contributed by atoms with Crippen LogP contribution in [0.5, 0.6) is 0 Å². The number of pyridine rings is 1. The quantitative estimate of drug-likeness (QED) is 0.801. The lowest BCUT2D eigenvalue weighted by Gasteiger charge is -2.19. The second-order valence-electron chi connectivity index (χ2n) is 4.34. The number of amides is 1. The minimum absolute atomic E-state index is 0.0278. The molecule has 0 spiro atoms. The predicted octanol–water partition coefficient (Wildman–Crippen LogP) is 1.36. The fourth-order valence-electron chi connectivity index (χ4n) is 1.61. The van der Waals surface area contributed by atoms with Crippen molar-refractivity contribution in [1.82, 2.24) is 9.88 Å². The molecule has 0 bridgehead atoms. The van der Waals surface area contributed by atoms with Crippen LogP contribution in [0.1, 0.15) is 31.1 Å². The summed E-state index contributed by atoms with van der Waals surface area (Å²) in [6.45, 7) is 6.84. The van der Waals surface area contributed by atoms with E-state index >= 15 is 0 Å². The molecular weight excluding hydrogens is 230 g/mol. The van der Waals surface area contributed by atoms with Gasteiger partial charge in [-0.1, -0.05) is 0 Å². The maximum atomic E-state index is 12.1. The van der Waals surface area contributed by atoms with Crippen LogP contribution in [0.3, 0.4) is 0 Å². The van der Waals surface area contributed by atoms with Gasteiger partial charge in [0.15, 0.2) is 0 Å². The van der Waals surface area contributed by atoms with E-state index in [9.17, 15) is 4.79 Å². The highest BCUT2D eigenvalue weighted by atomic mass is 16.3. The van der Waals surface area contributed by atoms with Crippen LogP contribution in [0.25, 0.3) is 0 Å². The number of carbonyl (C=O) groups excluding carboxylic acids is 1. The van der Waals surface area contributed by atoms with Crippen LogP contribution in [-0.2, 0) is 0 Å². The molecule has 0 aromatic carbocycles. The minimum Gasteiger partial charge on any atom is -0.395 e. The Balaban J connectivity index is 2.74. The average molecular weight is 251 g/mol. The minimum atomic E-state index is -0.102. The molecule has 0 aliphatic heterocycles. The van der Waals surface area contributed by atoms with Gasteiger partial charge in [-0.15, -0.1) is 0 Å². The zero-order valence-electron chi connectivity index (χ0n) is 11.2. The number of likely N-dealkylation sites (N-methyl/N-ethyl adjacent to an activating group) is 1. The summed E-state index contributed by atoms with van der Waals surface area (Å²) >= 11 is 0. The van der Waals surface area contributed by atoms with E-state index in [1.165, 1.54) is 0 Å². The van der Waals surface area contributed by atoms with Gasteiger partial charge in [-0.25, -0.2) is 4.98 Å². The topological polar surface area (TPSA) is 65.5 Å². The van der Waals surface area contributed by atoms with Gasteiger partial charge in [0.25, 0.3) is 5.91 Å². The first-order valence-electron chi connectivity index (χ1n) is 6.21. The van der Waals surface area contributed by atoms with Crippen LogP contribution in [0.4, 0.5) is 5.82 Å². The Kier molecular flexibility index (Phi) is 5.58. The van der Waals surface area contributed by atoms with Crippen LogP contribution in [0, 0.1) is 0 Å². The first-order valence-corrected chi connectivity index (χ1v) is 6.21. The van der Waals surface area contributed by atoms with Gasteiger partial charge in [-0.05, 0) is 32.9 Å². The highest BCUT2D eigenvalue weighted by Crippen LogP contribution is 2.09. The lowest BCUT2D eigenvalue weighted by Crippen LogP contribution is -2.33. The second kappa shape index (κ2) is 6.96. The van der Waals surface area contributed by atoms with E-state index in [1.54, 1.807) is 23.2 Å². The molecule has 0 radical (unpaired) electrons. The van der Waals surface area contributed by atoms with Gasteiger partial charge in [0.2, 0.25) is 0 Å². The Hall–Kier alpha value is -1.62. The molecule has 1 rings (SSSR count). The molecule has 5 heteroatoms. The lowest BCUT2D eigenvalue weighted by atomic mass is 10.2. The van der Waals surface area contributed by atoms with Crippen molar-refractivity contribution in [2.75, 3.05) is 25.0 Å². The Morgan fingerprint density at radius 3 is 2.67 bits per heavy atom. The fraction of sp³-hybridized carbons (Fsp3) is 0.538. The van der Waals surface area contributed by atoms with E-state index in [0.29, 0.717) is 24.7 Å². The highest BCUT2D eigenvalue weighted by Gasteiger charge is 2.13. The van der Waals surface area contributed by atoms with E-state index in [-0.39, 0.29) is 12.5 Å². The van der Waals surface area contributed by atoms with Crippen molar-refractivity contribution in [3.05, 3.63) is 23.9 Å². The summed E-state index contributed by atoms with van der Waals surface area (Å²) in [5.41, 5.74) is 0.541. The van der Waals surface area contributed by atoms with Gasteiger partial charge in [0, 0.05) is 25.3 Å². The van der Waals surface area contributed by atoms with Crippen LogP contribution in [-0.4, -0.2) is 46.6 Å². The molecule has 100 valence electrons. The second-order valence-corrected chi connectivity index (χ2v) is 4.34. The Morgan fingerprint density at radius 1 is 1.50 bits per heavy atom. The number of carbonyl (C=O) groups is 1. The van der Waals surface area contributed by atoms with Crippen LogP contribution < -0.4 is 5.32 Å². The lowest BCUT2D eigenvalue weighted by molar-refractivity contribution is 0.0731. The monoisotopic (exact) mass is 251 g/mol. The zero-order valence-corrected chi connectivity index (χ0v) is 11.2. The number of anilines is 1. The molecule has 2 N–H and O–H groups in total. The smallest absolute Gasteiger partial charge is 0.255 e. The van der Waals surface area contributed by atoms with Crippen LogP contribution >= 0.6 is 0 Å². The van der Waals surface area contributed by atoms with Gasteiger partial charge in [-0.3, -0.25) is 4.79 Å². The van der Waals surface area contributed by atoms with Crippen molar-refractivity contribution in [3.8, 4) is 0 Å². The molecule has 1 heterocycles. The summed E-state index contributed by atoms with van der Waals surface area (Å²) in [5, 5.41) is 12.1. The summed E-state index contributed by atoms with van der Waals surface area (Å²) in [4.78, 5) is 17.8. The molecule has 5 nitrogen and oxygen atoms in total. The van der Waals surface area contributed by atoms with Crippen molar-refractivity contribution in [3.63, 3.8) is 0 Å². The maximum absolute atomic E-state index is 12.1. The molecule has 0 aliphatic carbocycles. The first-order chi connectivity index (χ1) is 8.58. The van der Waals surface area contributed by atoms with E-state index in [4.69, 9.17) is 5.11 Å².